The van der Waals surface area contributed by atoms with Crippen molar-refractivity contribution in [3.05, 3.63) is 29.8 Å². The predicted molar refractivity (Wildman–Crippen MR) is 242 cm³/mol. The first kappa shape index (κ1) is 53.9. The lowest BCUT2D eigenvalue weighted by Gasteiger charge is -2.29. The maximum atomic E-state index is 12.4. The lowest BCUT2D eigenvalue weighted by molar-refractivity contribution is -0.180. The summed E-state index contributed by atoms with van der Waals surface area (Å²) in [5, 5.41) is 0. The highest BCUT2D eigenvalue weighted by atomic mass is 16.7. The van der Waals surface area contributed by atoms with Crippen LogP contribution in [-0.2, 0) is 28.5 Å². The molecule has 0 radical (unpaired) electrons. The quantitative estimate of drug-likeness (QED) is 0.0348. The number of carbonyl (C=O) groups is 2. The van der Waals surface area contributed by atoms with Gasteiger partial charge in [0, 0.05) is 31.8 Å². The molecule has 0 spiro atoms. The van der Waals surface area contributed by atoms with E-state index in [4.69, 9.17) is 18.9 Å². The minimum Gasteiger partial charge on any atom is -0.466 e. The Morgan fingerprint density at radius 1 is 0.724 bits per heavy atom. The first-order valence-corrected chi connectivity index (χ1v) is 24.3. The molecule has 0 N–H and O–H groups in total. The molecule has 0 saturated carbocycles. The van der Waals surface area contributed by atoms with Gasteiger partial charge < -0.3 is 23.8 Å². The van der Waals surface area contributed by atoms with Crippen LogP contribution in [0.1, 0.15) is 221 Å². The zero-order chi connectivity index (χ0) is 42.5. The van der Waals surface area contributed by atoms with Crippen LogP contribution in [0, 0.1) is 11.8 Å². The molecule has 1 heterocycles. The third kappa shape index (κ3) is 30.0. The minimum atomic E-state index is -0.408. The molecule has 1 saturated heterocycles. The van der Waals surface area contributed by atoms with Crippen molar-refractivity contribution < 1.29 is 28.5 Å². The maximum Gasteiger partial charge on any atom is 0.306 e. The first-order valence-electron chi connectivity index (χ1n) is 24.3. The van der Waals surface area contributed by atoms with E-state index in [1.807, 2.05) is 6.08 Å². The lowest BCUT2D eigenvalue weighted by Crippen LogP contribution is -2.33. The van der Waals surface area contributed by atoms with Crippen LogP contribution in [0.3, 0.4) is 0 Å². The van der Waals surface area contributed by atoms with E-state index in [9.17, 15) is 9.59 Å². The summed E-state index contributed by atoms with van der Waals surface area (Å²) in [6.07, 6.45) is 34.1. The smallest absolute Gasteiger partial charge is 0.306 e. The summed E-state index contributed by atoms with van der Waals surface area (Å²) in [7, 11) is 2.20. The van der Waals surface area contributed by atoms with Gasteiger partial charge in [0.05, 0.1) is 32.3 Å². The van der Waals surface area contributed by atoms with Gasteiger partial charge in [-0.05, 0) is 89.6 Å². The summed E-state index contributed by atoms with van der Waals surface area (Å²) in [5.74, 6) is 0.0339. The number of hydrogen-bond acceptors (Lipinski definition) is 7. The van der Waals surface area contributed by atoms with Gasteiger partial charge in [0.25, 0.3) is 0 Å². The van der Waals surface area contributed by atoms with Gasteiger partial charge in [0.2, 0.25) is 0 Å². The molecule has 7 nitrogen and oxygen atoms in total. The molecule has 336 valence electrons. The van der Waals surface area contributed by atoms with E-state index in [-0.39, 0.29) is 24.0 Å². The molecule has 0 aromatic heterocycles. The number of carbonyl (C=O) groups excluding carboxylic acids is 2. The van der Waals surface area contributed by atoms with Crippen LogP contribution in [0.25, 0.3) is 0 Å². The van der Waals surface area contributed by atoms with Crippen LogP contribution in [0.2, 0.25) is 0 Å². The Balaban J connectivity index is 2.27. The molecule has 1 aliphatic rings. The predicted octanol–water partition coefficient (Wildman–Crippen LogP) is 13.8. The fourth-order valence-electron chi connectivity index (χ4n) is 7.81. The molecule has 1 aliphatic heterocycles. The average Bonchev–Trinajstić information content (AvgIpc) is 3.60. The second kappa shape index (κ2) is 36.7. The molecule has 58 heavy (non-hydrogen) atoms. The Kier molecular flexibility index (Phi) is 34.1. The van der Waals surface area contributed by atoms with Crippen molar-refractivity contribution >= 4 is 11.9 Å². The van der Waals surface area contributed by atoms with Gasteiger partial charge in [-0.1, -0.05) is 154 Å². The third-order valence-electron chi connectivity index (χ3n) is 11.9. The summed E-state index contributed by atoms with van der Waals surface area (Å²) in [6, 6.07) is 0.538. The number of rotatable bonds is 39. The molecule has 0 aromatic carbocycles. The molecule has 0 aliphatic carbocycles. The monoisotopic (exact) mass is 814 g/mol. The first-order chi connectivity index (χ1) is 28.1. The molecule has 4 atom stereocenters. The number of hydrogen-bond donors (Lipinski definition) is 0. The normalized spacial score (nSPS) is 17.5. The van der Waals surface area contributed by atoms with Crippen LogP contribution in [0.5, 0.6) is 0 Å². The summed E-state index contributed by atoms with van der Waals surface area (Å²) in [6.45, 7) is 17.4. The standard InChI is InChI=1S/C51H91NO6/c1-8-11-26-33-46(6)42-49(53)55-40-31-24-20-16-14-18-22-29-37-51(57-44-48(58-51)36-39-52(7)45(4)5)38-30-23-19-15-17-21-25-32-41-56-50(54)43-47(34-27-12-9-2)35-28-13-10-3/h34,45-48H,2,8,10-11,13-26,28-33,35-44H2,1,3-7H3. The fraction of sp³-hybridized carbons (Fsp3) is 0.863. The van der Waals surface area contributed by atoms with E-state index in [0.717, 1.165) is 96.6 Å². The second-order valence-corrected chi connectivity index (χ2v) is 17.8. The molecule has 1 fully saturated rings. The summed E-state index contributed by atoms with van der Waals surface area (Å²) in [4.78, 5) is 26.9. The number of allylic oxidation sites excluding steroid dienone is 1. The van der Waals surface area contributed by atoms with Crippen molar-refractivity contribution in [3.63, 3.8) is 0 Å². The Morgan fingerprint density at radius 3 is 1.74 bits per heavy atom. The van der Waals surface area contributed by atoms with Crippen LogP contribution >= 0.6 is 0 Å². The summed E-state index contributed by atoms with van der Waals surface area (Å²) < 4.78 is 24.3. The highest BCUT2D eigenvalue weighted by Gasteiger charge is 2.40. The lowest BCUT2D eigenvalue weighted by atomic mass is 9.98. The SMILES string of the molecule is C=C=C=C=CC(CCCCC)CC(=O)OCCCCCCCCCCC1(CCCCCCCCCCOC(=O)CC(C)CCCCC)OCC(CCN(C)C(C)C)O1. The average molecular weight is 814 g/mol. The Bertz CT molecular complexity index is 1140. The van der Waals surface area contributed by atoms with Gasteiger partial charge >= 0.3 is 11.9 Å². The molecule has 1 rings (SSSR count). The molecule has 0 aromatic rings. The van der Waals surface area contributed by atoms with Gasteiger partial charge in [-0.2, -0.15) is 0 Å². The maximum absolute atomic E-state index is 12.4. The molecular formula is C51H91NO6. The highest BCUT2D eigenvalue weighted by Crippen LogP contribution is 2.36. The number of esters is 2. The minimum absolute atomic E-state index is 0.0194. The van der Waals surface area contributed by atoms with E-state index in [2.05, 4.69) is 70.3 Å². The molecule has 0 bridgehead atoms. The molecule has 4 unspecified atom stereocenters. The molecule has 7 heteroatoms. The van der Waals surface area contributed by atoms with Crippen molar-refractivity contribution in [1.29, 1.82) is 0 Å². The van der Waals surface area contributed by atoms with E-state index in [0.29, 0.717) is 38.0 Å². The van der Waals surface area contributed by atoms with Crippen molar-refractivity contribution in [2.45, 2.75) is 239 Å². The van der Waals surface area contributed by atoms with Crippen molar-refractivity contribution in [2.75, 3.05) is 33.4 Å². The topological polar surface area (TPSA) is 74.3 Å². The number of ether oxygens (including phenoxy) is 4. The van der Waals surface area contributed by atoms with Gasteiger partial charge in [-0.15, -0.1) is 0 Å². The van der Waals surface area contributed by atoms with Crippen molar-refractivity contribution in [1.82, 2.24) is 4.90 Å². The van der Waals surface area contributed by atoms with E-state index < -0.39 is 5.79 Å². The van der Waals surface area contributed by atoms with Crippen molar-refractivity contribution in [2.24, 2.45) is 11.8 Å². The van der Waals surface area contributed by atoms with Crippen LogP contribution in [-0.4, -0.2) is 68.2 Å². The fourth-order valence-corrected chi connectivity index (χ4v) is 7.81. The Labute approximate surface area is 358 Å². The summed E-state index contributed by atoms with van der Waals surface area (Å²) >= 11 is 0. The second-order valence-electron chi connectivity index (χ2n) is 17.8. The van der Waals surface area contributed by atoms with Gasteiger partial charge in [-0.3, -0.25) is 9.59 Å². The summed E-state index contributed by atoms with van der Waals surface area (Å²) in [5.41, 5.74) is 8.29. The van der Waals surface area contributed by atoms with E-state index >= 15 is 0 Å². The zero-order valence-electron chi connectivity index (χ0n) is 38.8. The van der Waals surface area contributed by atoms with Gasteiger partial charge in [-0.25, -0.2) is 0 Å². The van der Waals surface area contributed by atoms with Crippen LogP contribution in [0.15, 0.2) is 29.8 Å². The molecular weight excluding hydrogens is 723 g/mol. The Morgan fingerprint density at radius 2 is 1.22 bits per heavy atom. The Hall–Kier alpha value is -2.10. The third-order valence-corrected chi connectivity index (χ3v) is 11.9. The molecule has 0 amide bonds. The highest BCUT2D eigenvalue weighted by molar-refractivity contribution is 5.70. The van der Waals surface area contributed by atoms with Crippen LogP contribution in [0.4, 0.5) is 0 Å². The number of unbranched alkanes of at least 4 members (excludes halogenated alkanes) is 18. The van der Waals surface area contributed by atoms with Gasteiger partial charge in [0.1, 0.15) is 0 Å². The largest absolute Gasteiger partial charge is 0.466 e. The van der Waals surface area contributed by atoms with Crippen molar-refractivity contribution in [3.8, 4) is 0 Å². The van der Waals surface area contributed by atoms with E-state index in [1.165, 1.54) is 89.9 Å². The van der Waals surface area contributed by atoms with E-state index in [1.54, 1.807) is 0 Å². The number of nitrogens with zero attached hydrogens (tertiary/aromatic N) is 1. The van der Waals surface area contributed by atoms with Gasteiger partial charge in [0.15, 0.2) is 5.79 Å². The zero-order valence-corrected chi connectivity index (χ0v) is 38.8. The van der Waals surface area contributed by atoms with Crippen LogP contribution < -0.4 is 0 Å².